The molecule has 0 unspecified atom stereocenters. The molecule has 2 N–H and O–H groups in total. The standard InChI is InChI=1S/C13H17F3N2O2/c1-2-3-8-17-12(19)9-18-10-6-4-5-7-11(10)20-13(14,15)16/h4-7,18H,2-3,8-9H2,1H3,(H,17,19). The summed E-state index contributed by atoms with van der Waals surface area (Å²) in [6.45, 7) is 2.44. The number of ether oxygens (including phenoxy) is 1. The number of rotatable bonds is 7. The summed E-state index contributed by atoms with van der Waals surface area (Å²) in [6.07, 6.45) is -2.95. The van der Waals surface area contributed by atoms with Crippen LogP contribution in [-0.2, 0) is 4.79 Å². The van der Waals surface area contributed by atoms with E-state index in [1.807, 2.05) is 6.92 Å². The van der Waals surface area contributed by atoms with Crippen LogP contribution in [0.15, 0.2) is 24.3 Å². The van der Waals surface area contributed by atoms with Gasteiger partial charge in [0.1, 0.15) is 0 Å². The summed E-state index contributed by atoms with van der Waals surface area (Å²) in [5.41, 5.74) is 0.121. The highest BCUT2D eigenvalue weighted by atomic mass is 19.4. The molecule has 0 spiro atoms. The fourth-order valence-electron chi connectivity index (χ4n) is 1.47. The molecule has 1 amide bonds. The Balaban J connectivity index is 2.53. The predicted molar refractivity (Wildman–Crippen MR) is 69.5 cm³/mol. The van der Waals surface area contributed by atoms with Crippen LogP contribution in [0.5, 0.6) is 5.75 Å². The summed E-state index contributed by atoms with van der Waals surface area (Å²) in [5, 5.41) is 5.28. The zero-order valence-corrected chi connectivity index (χ0v) is 11.1. The van der Waals surface area contributed by atoms with E-state index in [2.05, 4.69) is 15.4 Å². The van der Waals surface area contributed by atoms with E-state index in [0.29, 0.717) is 6.54 Å². The number of anilines is 1. The molecule has 20 heavy (non-hydrogen) atoms. The third-order valence-corrected chi connectivity index (χ3v) is 2.40. The molecule has 4 nitrogen and oxygen atoms in total. The largest absolute Gasteiger partial charge is 0.573 e. The first-order chi connectivity index (χ1) is 9.42. The quantitative estimate of drug-likeness (QED) is 0.759. The minimum Gasteiger partial charge on any atom is -0.404 e. The van der Waals surface area contributed by atoms with Crippen molar-refractivity contribution in [3.63, 3.8) is 0 Å². The van der Waals surface area contributed by atoms with Crippen LogP contribution in [0.2, 0.25) is 0 Å². The van der Waals surface area contributed by atoms with E-state index < -0.39 is 6.36 Å². The summed E-state index contributed by atoms with van der Waals surface area (Å²) >= 11 is 0. The second-order valence-corrected chi connectivity index (χ2v) is 4.10. The SMILES string of the molecule is CCCCNC(=O)CNc1ccccc1OC(F)(F)F. The number of benzene rings is 1. The van der Waals surface area contributed by atoms with Gasteiger partial charge < -0.3 is 15.4 Å². The van der Waals surface area contributed by atoms with Crippen LogP contribution in [0.25, 0.3) is 0 Å². The highest BCUT2D eigenvalue weighted by Gasteiger charge is 2.32. The number of para-hydroxylation sites is 2. The Labute approximate surface area is 115 Å². The lowest BCUT2D eigenvalue weighted by molar-refractivity contribution is -0.274. The highest BCUT2D eigenvalue weighted by Crippen LogP contribution is 2.29. The molecule has 0 aliphatic carbocycles. The second kappa shape index (κ2) is 7.62. The van der Waals surface area contributed by atoms with Crippen LogP contribution in [0, 0.1) is 0 Å². The van der Waals surface area contributed by atoms with Gasteiger partial charge in [0.25, 0.3) is 0 Å². The Bertz CT molecular complexity index is 436. The van der Waals surface area contributed by atoms with E-state index in [-0.39, 0.29) is 23.9 Å². The fraction of sp³-hybridized carbons (Fsp3) is 0.462. The van der Waals surface area contributed by atoms with Crippen LogP contribution in [-0.4, -0.2) is 25.4 Å². The van der Waals surface area contributed by atoms with Gasteiger partial charge in [0, 0.05) is 6.54 Å². The van der Waals surface area contributed by atoms with E-state index in [1.54, 1.807) is 6.07 Å². The lowest BCUT2D eigenvalue weighted by Gasteiger charge is -2.14. The van der Waals surface area contributed by atoms with Gasteiger partial charge in [-0.1, -0.05) is 25.5 Å². The molecule has 0 aromatic heterocycles. The molecule has 0 saturated carbocycles. The number of hydrogen-bond acceptors (Lipinski definition) is 3. The van der Waals surface area contributed by atoms with Gasteiger partial charge in [0.15, 0.2) is 5.75 Å². The molecular formula is C13H17F3N2O2. The topological polar surface area (TPSA) is 50.4 Å². The van der Waals surface area contributed by atoms with Crippen molar-refractivity contribution >= 4 is 11.6 Å². The number of unbranched alkanes of at least 4 members (excludes halogenated alkanes) is 1. The minimum absolute atomic E-state index is 0.109. The molecule has 0 heterocycles. The van der Waals surface area contributed by atoms with Gasteiger partial charge in [-0.25, -0.2) is 0 Å². The van der Waals surface area contributed by atoms with Crippen LogP contribution in [0.3, 0.4) is 0 Å². The van der Waals surface area contributed by atoms with Gasteiger partial charge >= 0.3 is 6.36 Å². The molecular weight excluding hydrogens is 273 g/mol. The number of hydrogen-bond donors (Lipinski definition) is 2. The fourth-order valence-corrected chi connectivity index (χ4v) is 1.47. The van der Waals surface area contributed by atoms with Gasteiger partial charge in [-0.2, -0.15) is 0 Å². The second-order valence-electron chi connectivity index (χ2n) is 4.10. The Morgan fingerprint density at radius 2 is 2.00 bits per heavy atom. The van der Waals surface area contributed by atoms with Crippen molar-refractivity contribution in [2.45, 2.75) is 26.1 Å². The molecule has 1 rings (SSSR count). The van der Waals surface area contributed by atoms with Crippen LogP contribution >= 0.6 is 0 Å². The number of carbonyl (C=O) groups excluding carboxylic acids is 1. The first-order valence-corrected chi connectivity index (χ1v) is 6.27. The monoisotopic (exact) mass is 290 g/mol. The van der Waals surface area contributed by atoms with Crippen molar-refractivity contribution in [3.05, 3.63) is 24.3 Å². The van der Waals surface area contributed by atoms with E-state index in [0.717, 1.165) is 12.8 Å². The molecule has 0 atom stereocenters. The maximum atomic E-state index is 12.2. The maximum Gasteiger partial charge on any atom is 0.573 e. The number of halogens is 3. The number of carbonyl (C=O) groups is 1. The zero-order chi connectivity index (χ0) is 15.0. The Kier molecular flexibility index (Phi) is 6.14. The van der Waals surface area contributed by atoms with Gasteiger partial charge in [0.05, 0.1) is 12.2 Å². The van der Waals surface area contributed by atoms with Crippen LogP contribution in [0.4, 0.5) is 18.9 Å². The molecule has 0 fully saturated rings. The third kappa shape index (κ3) is 6.31. The normalized spacial score (nSPS) is 11.0. The third-order valence-electron chi connectivity index (χ3n) is 2.40. The van der Waals surface area contributed by atoms with Gasteiger partial charge in [0.2, 0.25) is 5.91 Å². The Morgan fingerprint density at radius 1 is 1.30 bits per heavy atom. The Hall–Kier alpha value is -1.92. The van der Waals surface area contributed by atoms with Crippen molar-refractivity contribution in [2.75, 3.05) is 18.4 Å². The van der Waals surface area contributed by atoms with Crippen molar-refractivity contribution in [3.8, 4) is 5.75 Å². The summed E-state index contributed by atoms with van der Waals surface area (Å²) in [6, 6.07) is 5.58. The van der Waals surface area contributed by atoms with Crippen molar-refractivity contribution in [2.24, 2.45) is 0 Å². The molecule has 7 heteroatoms. The molecule has 1 aromatic carbocycles. The first kappa shape index (κ1) is 16.1. The molecule has 0 bridgehead atoms. The van der Waals surface area contributed by atoms with E-state index >= 15 is 0 Å². The lowest BCUT2D eigenvalue weighted by Crippen LogP contribution is -2.30. The summed E-state index contributed by atoms with van der Waals surface area (Å²) < 4.78 is 40.5. The minimum atomic E-state index is -4.76. The van der Waals surface area contributed by atoms with Crippen molar-refractivity contribution in [1.82, 2.24) is 5.32 Å². The maximum absolute atomic E-state index is 12.2. The number of alkyl halides is 3. The predicted octanol–water partition coefficient (Wildman–Crippen LogP) is 2.91. The Morgan fingerprint density at radius 3 is 2.65 bits per heavy atom. The molecule has 0 aliphatic heterocycles. The first-order valence-electron chi connectivity index (χ1n) is 6.27. The molecule has 0 aliphatic rings. The van der Waals surface area contributed by atoms with E-state index in [4.69, 9.17) is 0 Å². The number of amides is 1. The van der Waals surface area contributed by atoms with Crippen molar-refractivity contribution in [1.29, 1.82) is 0 Å². The van der Waals surface area contributed by atoms with E-state index in [9.17, 15) is 18.0 Å². The van der Waals surface area contributed by atoms with Crippen LogP contribution < -0.4 is 15.4 Å². The molecule has 112 valence electrons. The smallest absolute Gasteiger partial charge is 0.404 e. The van der Waals surface area contributed by atoms with Gasteiger partial charge in [-0.15, -0.1) is 13.2 Å². The van der Waals surface area contributed by atoms with Gasteiger partial charge in [-0.05, 0) is 18.6 Å². The average Bonchev–Trinajstić information content (AvgIpc) is 2.36. The molecule has 1 aromatic rings. The average molecular weight is 290 g/mol. The summed E-state index contributed by atoms with van der Waals surface area (Å²) in [7, 11) is 0. The summed E-state index contributed by atoms with van der Waals surface area (Å²) in [5.74, 6) is -0.637. The van der Waals surface area contributed by atoms with E-state index in [1.165, 1.54) is 18.2 Å². The zero-order valence-electron chi connectivity index (χ0n) is 11.1. The summed E-state index contributed by atoms with van der Waals surface area (Å²) in [4.78, 5) is 11.5. The van der Waals surface area contributed by atoms with Crippen LogP contribution in [0.1, 0.15) is 19.8 Å². The molecule has 0 radical (unpaired) electrons. The number of nitrogens with one attached hydrogen (secondary N) is 2. The van der Waals surface area contributed by atoms with Gasteiger partial charge in [-0.3, -0.25) is 4.79 Å². The molecule has 0 saturated heterocycles. The highest BCUT2D eigenvalue weighted by molar-refractivity contribution is 5.81. The lowest BCUT2D eigenvalue weighted by atomic mass is 10.3. The van der Waals surface area contributed by atoms with Crippen molar-refractivity contribution < 1.29 is 22.7 Å².